The number of nitrogen functional groups attached to an aromatic ring is 1. The van der Waals surface area contributed by atoms with Crippen molar-refractivity contribution in [1.82, 2.24) is 4.98 Å². The summed E-state index contributed by atoms with van der Waals surface area (Å²) in [4.78, 5) is 13.2. The first kappa shape index (κ1) is 14.3. The number of aromatic nitrogens is 1. The van der Waals surface area contributed by atoms with Crippen molar-refractivity contribution >= 4 is 11.5 Å². The fourth-order valence-corrected chi connectivity index (χ4v) is 1.47. The van der Waals surface area contributed by atoms with Crippen LogP contribution >= 0.6 is 0 Å². The first-order valence-electron chi connectivity index (χ1n) is 5.51. The van der Waals surface area contributed by atoms with Gasteiger partial charge in [0.2, 0.25) is 11.7 Å². The van der Waals surface area contributed by atoms with Crippen LogP contribution in [0.15, 0.2) is 30.3 Å². The summed E-state index contributed by atoms with van der Waals surface area (Å²) in [6, 6.07) is 5.20. The van der Waals surface area contributed by atoms with Crippen LogP contribution in [0.1, 0.15) is 5.69 Å². The highest BCUT2D eigenvalue weighted by molar-refractivity contribution is 5.93. The number of ether oxygens (including phenoxy) is 1. The molecule has 1 aromatic heterocycles. The highest BCUT2D eigenvalue weighted by Gasteiger charge is 2.20. The molecule has 0 atom stereocenters. The number of amidine groups is 1. The van der Waals surface area contributed by atoms with Gasteiger partial charge in [0.25, 0.3) is 0 Å². The lowest BCUT2D eigenvalue weighted by Crippen LogP contribution is -2.13. The van der Waals surface area contributed by atoms with E-state index in [0.717, 1.165) is 0 Å². The average Bonchev–Trinajstić information content (AvgIpc) is 2.42. The van der Waals surface area contributed by atoms with E-state index >= 15 is 0 Å². The summed E-state index contributed by atoms with van der Waals surface area (Å²) in [7, 11) is 0. The van der Waals surface area contributed by atoms with Gasteiger partial charge in [-0.1, -0.05) is 6.07 Å². The van der Waals surface area contributed by atoms with Crippen molar-refractivity contribution in [3.8, 4) is 11.6 Å². The molecule has 2 rings (SSSR count). The van der Waals surface area contributed by atoms with E-state index in [2.05, 4.69) is 4.98 Å². The number of halogens is 2. The monoisotopic (exact) mass is 294 g/mol. The topological polar surface area (TPSA) is 115 Å². The smallest absolute Gasteiger partial charge is 0.307 e. The highest BCUT2D eigenvalue weighted by Crippen LogP contribution is 2.29. The first-order valence-corrected chi connectivity index (χ1v) is 5.51. The zero-order valence-electron chi connectivity index (χ0n) is 10.3. The van der Waals surface area contributed by atoms with E-state index in [-0.39, 0.29) is 17.4 Å². The van der Waals surface area contributed by atoms with Gasteiger partial charge in [-0.25, -0.2) is 9.37 Å². The van der Waals surface area contributed by atoms with Gasteiger partial charge in [-0.2, -0.15) is 4.39 Å². The molecule has 0 bridgehead atoms. The molecule has 0 radical (unpaired) electrons. The molecular formula is C12H8F2N4O3. The molecule has 0 spiro atoms. The summed E-state index contributed by atoms with van der Waals surface area (Å²) in [6.07, 6.45) is 0. The van der Waals surface area contributed by atoms with Gasteiger partial charge in [0, 0.05) is 12.1 Å². The van der Waals surface area contributed by atoms with Crippen LogP contribution in [0, 0.1) is 27.2 Å². The molecule has 3 N–H and O–H groups in total. The van der Waals surface area contributed by atoms with Crippen molar-refractivity contribution in [3.05, 3.63) is 57.8 Å². The van der Waals surface area contributed by atoms with E-state index in [1.54, 1.807) is 0 Å². The van der Waals surface area contributed by atoms with Crippen LogP contribution in [0.25, 0.3) is 0 Å². The predicted molar refractivity (Wildman–Crippen MR) is 68.3 cm³/mol. The Hall–Kier alpha value is -3.10. The Morgan fingerprint density at radius 3 is 2.67 bits per heavy atom. The number of nitrogens with one attached hydrogen (secondary N) is 1. The number of pyridine rings is 1. The minimum Gasteiger partial charge on any atom is -0.436 e. The van der Waals surface area contributed by atoms with Gasteiger partial charge in [-0.3, -0.25) is 15.5 Å². The van der Waals surface area contributed by atoms with Crippen LogP contribution in [0.5, 0.6) is 11.6 Å². The molecule has 0 saturated heterocycles. The van der Waals surface area contributed by atoms with Crippen molar-refractivity contribution in [3.63, 3.8) is 0 Å². The fraction of sp³-hybridized carbons (Fsp3) is 0. The molecule has 0 aliphatic heterocycles. The minimum atomic E-state index is -1.24. The van der Waals surface area contributed by atoms with E-state index in [0.29, 0.717) is 12.1 Å². The molecule has 9 heteroatoms. The van der Waals surface area contributed by atoms with Crippen LogP contribution in [-0.4, -0.2) is 15.7 Å². The quantitative estimate of drug-likeness (QED) is 0.388. The number of nitrogens with two attached hydrogens (primary N) is 1. The standard InChI is InChI=1S/C12H8F2N4O3/c13-6-5-10(7(14)4-9(6)18(19)20)21-11-3-1-2-8(17-11)12(15)16/h1-5H,(H3,15,16). The normalized spacial score (nSPS) is 10.2. The number of nitro groups is 1. The fourth-order valence-electron chi connectivity index (χ4n) is 1.47. The molecule has 7 nitrogen and oxygen atoms in total. The van der Waals surface area contributed by atoms with Gasteiger partial charge in [-0.15, -0.1) is 0 Å². The molecule has 0 aliphatic carbocycles. The lowest BCUT2D eigenvalue weighted by atomic mass is 10.3. The Kier molecular flexibility index (Phi) is 3.74. The van der Waals surface area contributed by atoms with Crippen molar-refractivity contribution in [2.45, 2.75) is 0 Å². The van der Waals surface area contributed by atoms with Crippen molar-refractivity contribution in [1.29, 1.82) is 5.41 Å². The Balaban J connectivity index is 2.36. The summed E-state index contributed by atoms with van der Waals surface area (Å²) >= 11 is 0. The molecule has 1 aromatic carbocycles. The molecular weight excluding hydrogens is 286 g/mol. The lowest BCUT2D eigenvalue weighted by Gasteiger charge is -2.07. The average molecular weight is 294 g/mol. The molecule has 0 amide bonds. The third kappa shape index (κ3) is 3.08. The van der Waals surface area contributed by atoms with Crippen LogP contribution in [-0.2, 0) is 0 Å². The zero-order valence-corrected chi connectivity index (χ0v) is 10.3. The second kappa shape index (κ2) is 5.49. The third-order valence-corrected chi connectivity index (χ3v) is 2.41. The van der Waals surface area contributed by atoms with Gasteiger partial charge >= 0.3 is 5.69 Å². The number of hydrogen-bond acceptors (Lipinski definition) is 5. The van der Waals surface area contributed by atoms with Crippen molar-refractivity contribution in [2.24, 2.45) is 5.73 Å². The maximum absolute atomic E-state index is 13.6. The summed E-state index contributed by atoms with van der Waals surface area (Å²) in [5.74, 6) is -3.37. The second-order valence-corrected chi connectivity index (χ2v) is 3.87. The number of nitro benzene ring substituents is 1. The molecule has 108 valence electrons. The van der Waals surface area contributed by atoms with Gasteiger partial charge < -0.3 is 10.5 Å². The molecule has 2 aromatic rings. The molecule has 0 unspecified atom stereocenters. The summed E-state index contributed by atoms with van der Waals surface area (Å²) in [6.45, 7) is 0. The predicted octanol–water partition coefficient (Wildman–Crippen LogP) is 2.34. The van der Waals surface area contributed by atoms with E-state index in [1.807, 2.05) is 0 Å². The number of rotatable bonds is 4. The molecule has 0 fully saturated rings. The second-order valence-electron chi connectivity index (χ2n) is 3.87. The Morgan fingerprint density at radius 1 is 1.33 bits per heavy atom. The minimum absolute atomic E-state index is 0.0929. The van der Waals surface area contributed by atoms with Crippen LogP contribution in [0.4, 0.5) is 14.5 Å². The maximum Gasteiger partial charge on any atom is 0.307 e. The van der Waals surface area contributed by atoms with Gasteiger partial charge in [0.05, 0.1) is 11.0 Å². The van der Waals surface area contributed by atoms with E-state index < -0.39 is 28.0 Å². The number of nitrogens with zero attached hydrogens (tertiary/aromatic N) is 2. The molecule has 0 aliphatic rings. The van der Waals surface area contributed by atoms with Crippen molar-refractivity contribution < 1.29 is 18.4 Å². The van der Waals surface area contributed by atoms with Crippen molar-refractivity contribution in [2.75, 3.05) is 0 Å². The maximum atomic E-state index is 13.6. The Morgan fingerprint density at radius 2 is 2.05 bits per heavy atom. The van der Waals surface area contributed by atoms with Crippen LogP contribution < -0.4 is 10.5 Å². The lowest BCUT2D eigenvalue weighted by molar-refractivity contribution is -0.387. The van der Waals surface area contributed by atoms with Gasteiger partial charge in [0.1, 0.15) is 11.5 Å². The summed E-state index contributed by atoms with van der Waals surface area (Å²) in [5, 5.41) is 17.7. The largest absolute Gasteiger partial charge is 0.436 e. The van der Waals surface area contributed by atoms with E-state index in [4.69, 9.17) is 15.9 Å². The van der Waals surface area contributed by atoms with Crippen LogP contribution in [0.2, 0.25) is 0 Å². The number of benzene rings is 1. The van der Waals surface area contributed by atoms with E-state index in [9.17, 15) is 18.9 Å². The number of hydrogen-bond donors (Lipinski definition) is 2. The van der Waals surface area contributed by atoms with Gasteiger partial charge in [-0.05, 0) is 6.07 Å². The van der Waals surface area contributed by atoms with Gasteiger partial charge in [0.15, 0.2) is 11.6 Å². The Labute approximate surface area is 116 Å². The molecule has 21 heavy (non-hydrogen) atoms. The third-order valence-electron chi connectivity index (χ3n) is 2.41. The molecule has 1 heterocycles. The summed E-state index contributed by atoms with van der Waals surface area (Å²) in [5.41, 5.74) is 4.34. The summed E-state index contributed by atoms with van der Waals surface area (Å²) < 4.78 is 32.1. The Bertz CT molecular complexity index is 736. The zero-order chi connectivity index (χ0) is 15.6. The van der Waals surface area contributed by atoms with Crippen LogP contribution in [0.3, 0.4) is 0 Å². The highest BCUT2D eigenvalue weighted by atomic mass is 19.1. The van der Waals surface area contributed by atoms with E-state index in [1.165, 1.54) is 18.2 Å². The SMILES string of the molecule is N=C(N)c1cccc(Oc2cc(F)c([N+](=O)[O-])cc2F)n1. The molecule has 0 saturated carbocycles. The first-order chi connectivity index (χ1) is 9.88.